The highest BCUT2D eigenvalue weighted by molar-refractivity contribution is 6.04. The van der Waals surface area contributed by atoms with Crippen LogP contribution in [0.1, 0.15) is 29.9 Å². The summed E-state index contributed by atoms with van der Waals surface area (Å²) in [5.74, 6) is -2.76. The number of carbonyl (C=O) groups excluding carboxylic acids is 2. The minimum atomic E-state index is -2.87. The summed E-state index contributed by atoms with van der Waals surface area (Å²) in [6.45, 7) is 0.638. The molecule has 12 heteroatoms. The first-order chi connectivity index (χ1) is 16.8. The Morgan fingerprint density at radius 2 is 1.89 bits per heavy atom. The number of hydrogen-bond acceptors (Lipinski definition) is 6. The van der Waals surface area contributed by atoms with Crippen LogP contribution in [0.25, 0.3) is 11.2 Å². The minimum Gasteiger partial charge on any atom is -0.355 e. The van der Waals surface area contributed by atoms with Gasteiger partial charge in [0.1, 0.15) is 6.33 Å². The summed E-state index contributed by atoms with van der Waals surface area (Å²) in [5, 5.41) is 4.15. The van der Waals surface area contributed by atoms with Crippen LogP contribution >= 0.6 is 0 Å². The molecule has 2 saturated heterocycles. The Morgan fingerprint density at radius 3 is 2.63 bits per heavy atom. The fourth-order valence-corrected chi connectivity index (χ4v) is 5.17. The normalized spacial score (nSPS) is 20.0. The molecule has 181 valence electrons. The van der Waals surface area contributed by atoms with Crippen molar-refractivity contribution in [1.82, 2.24) is 29.7 Å². The number of aromatic nitrogens is 4. The Labute approximate surface area is 199 Å². The highest BCUT2D eigenvalue weighted by Crippen LogP contribution is 2.37. The van der Waals surface area contributed by atoms with Gasteiger partial charge in [0, 0.05) is 39.1 Å². The Morgan fingerprint density at radius 1 is 1.11 bits per heavy atom. The van der Waals surface area contributed by atoms with Gasteiger partial charge >= 0.3 is 6.03 Å². The van der Waals surface area contributed by atoms with E-state index >= 15 is 0 Å². The topological polar surface area (TPSA) is 102 Å². The van der Waals surface area contributed by atoms with Gasteiger partial charge in [-0.2, -0.15) is 5.32 Å². The fourth-order valence-electron chi connectivity index (χ4n) is 5.17. The lowest BCUT2D eigenvalue weighted by atomic mass is 10.0. The van der Waals surface area contributed by atoms with Gasteiger partial charge < -0.3 is 14.4 Å². The molecule has 2 fully saturated rings. The molecule has 0 bridgehead atoms. The van der Waals surface area contributed by atoms with Gasteiger partial charge in [-0.3, -0.25) is 9.69 Å². The molecular weight excluding hydrogens is 458 g/mol. The number of likely N-dealkylation sites (tertiary alicyclic amines) is 1. The second-order valence-corrected chi connectivity index (χ2v) is 9.17. The number of rotatable bonds is 3. The van der Waals surface area contributed by atoms with Crippen LogP contribution in [0.3, 0.4) is 0 Å². The molecule has 1 aromatic carbocycles. The zero-order valence-corrected chi connectivity index (χ0v) is 19.1. The molecular formula is C23H23F2N8O2. The van der Waals surface area contributed by atoms with Crippen LogP contribution in [0.15, 0.2) is 30.6 Å². The summed E-state index contributed by atoms with van der Waals surface area (Å²) in [5.41, 5.74) is 2.45. The van der Waals surface area contributed by atoms with Crippen molar-refractivity contribution in [2.45, 2.75) is 31.2 Å². The largest absolute Gasteiger partial charge is 0.355 e. The minimum absolute atomic E-state index is 0.00821. The monoisotopic (exact) mass is 481 g/mol. The summed E-state index contributed by atoms with van der Waals surface area (Å²) in [7, 11) is 1.65. The van der Waals surface area contributed by atoms with Crippen LogP contribution < -0.4 is 15.1 Å². The third-order valence-corrected chi connectivity index (χ3v) is 6.98. The molecule has 10 nitrogen and oxygen atoms in total. The number of hydrogen-bond donors (Lipinski definition) is 0. The number of alkyl halides is 2. The maximum atomic E-state index is 13.7. The van der Waals surface area contributed by atoms with Crippen LogP contribution in [-0.4, -0.2) is 74.5 Å². The van der Waals surface area contributed by atoms with Crippen molar-refractivity contribution in [1.29, 1.82) is 0 Å². The van der Waals surface area contributed by atoms with Gasteiger partial charge in [-0.1, -0.05) is 12.1 Å². The van der Waals surface area contributed by atoms with Crippen LogP contribution in [0.5, 0.6) is 0 Å². The molecule has 35 heavy (non-hydrogen) atoms. The summed E-state index contributed by atoms with van der Waals surface area (Å²) < 4.78 is 28.8. The zero-order valence-electron chi connectivity index (χ0n) is 19.1. The average molecular weight is 481 g/mol. The maximum absolute atomic E-state index is 13.7. The highest BCUT2D eigenvalue weighted by Gasteiger charge is 2.42. The van der Waals surface area contributed by atoms with Crippen molar-refractivity contribution in [2.24, 2.45) is 7.05 Å². The van der Waals surface area contributed by atoms with Crippen LogP contribution in [0.4, 0.5) is 30.8 Å². The maximum Gasteiger partial charge on any atom is 0.348 e. The van der Waals surface area contributed by atoms with Gasteiger partial charge in [0.2, 0.25) is 5.82 Å². The van der Waals surface area contributed by atoms with Crippen LogP contribution in [0, 0.1) is 0 Å². The Bertz CT molecular complexity index is 1330. The van der Waals surface area contributed by atoms with Crippen molar-refractivity contribution in [3.8, 4) is 0 Å². The van der Waals surface area contributed by atoms with E-state index in [-0.39, 0.29) is 30.9 Å². The number of imidazole rings is 1. The molecule has 6 rings (SSSR count). The lowest BCUT2D eigenvalue weighted by Gasteiger charge is -2.36. The second-order valence-electron chi connectivity index (χ2n) is 9.17. The molecule has 3 amide bonds. The number of anilines is 2. The number of aryl methyl sites for hydroxylation is 1. The summed E-state index contributed by atoms with van der Waals surface area (Å²) >= 11 is 0. The quantitative estimate of drug-likeness (QED) is 0.570. The molecule has 0 spiro atoms. The van der Waals surface area contributed by atoms with E-state index in [1.54, 1.807) is 11.9 Å². The summed E-state index contributed by atoms with van der Waals surface area (Å²) in [4.78, 5) is 43.7. The summed E-state index contributed by atoms with van der Waals surface area (Å²) in [6.07, 6.45) is 2.49. The molecule has 0 unspecified atom stereocenters. The number of halogens is 2. The van der Waals surface area contributed by atoms with Gasteiger partial charge in [-0.15, -0.1) is 0 Å². The predicted molar refractivity (Wildman–Crippen MR) is 123 cm³/mol. The number of urea groups is 1. The van der Waals surface area contributed by atoms with E-state index < -0.39 is 18.4 Å². The Hall–Kier alpha value is -3.83. The highest BCUT2D eigenvalue weighted by atomic mass is 19.3. The third-order valence-electron chi connectivity index (χ3n) is 6.98. The van der Waals surface area contributed by atoms with E-state index in [0.29, 0.717) is 48.6 Å². The van der Waals surface area contributed by atoms with E-state index in [0.717, 1.165) is 10.6 Å². The Balaban J connectivity index is 1.23. The fraction of sp³-hybridized carbons (Fsp3) is 0.435. The number of carbonyl (C=O) groups is 2. The molecule has 0 N–H and O–H groups in total. The van der Waals surface area contributed by atoms with Crippen LogP contribution in [0.2, 0.25) is 0 Å². The zero-order chi connectivity index (χ0) is 24.3. The van der Waals surface area contributed by atoms with Crippen molar-refractivity contribution in [3.05, 3.63) is 36.4 Å². The predicted octanol–water partition coefficient (Wildman–Crippen LogP) is 2.69. The van der Waals surface area contributed by atoms with E-state index in [1.807, 2.05) is 24.3 Å². The van der Waals surface area contributed by atoms with Gasteiger partial charge in [0.25, 0.3) is 11.8 Å². The smallest absolute Gasteiger partial charge is 0.348 e. The molecule has 0 atom stereocenters. The third kappa shape index (κ3) is 3.55. The average Bonchev–Trinajstić information content (AvgIpc) is 3.50. The first-order valence-electron chi connectivity index (χ1n) is 11.6. The van der Waals surface area contributed by atoms with E-state index in [1.165, 1.54) is 10.9 Å². The standard InChI is InChI=1S/C23H23F2N8O2/c1-30-18-17(29-20(30)21(34)32-11-8-23(24,25)12-32)19(27-13-26-18)31-9-6-14(7-10-31)33-16-5-3-2-4-15(16)28-22(33)35/h2-5,13-14H,6-12H2,1H3. The number of amides is 3. The van der Waals surface area contributed by atoms with Gasteiger partial charge in [-0.25, -0.2) is 28.5 Å². The molecule has 0 saturated carbocycles. The number of benzene rings is 1. The molecule has 1 radical (unpaired) electrons. The summed E-state index contributed by atoms with van der Waals surface area (Å²) in [6, 6.07) is 7.28. The van der Waals surface area contributed by atoms with Gasteiger partial charge in [-0.05, 0) is 25.0 Å². The molecule has 0 aliphatic carbocycles. The number of para-hydroxylation sites is 2. The first-order valence-corrected chi connectivity index (χ1v) is 11.6. The van der Waals surface area contributed by atoms with E-state index in [9.17, 15) is 18.4 Å². The second kappa shape index (κ2) is 7.85. The molecule has 3 aliphatic heterocycles. The molecule has 3 aliphatic rings. The Kier molecular flexibility index (Phi) is 4.87. The van der Waals surface area contributed by atoms with Crippen molar-refractivity contribution >= 4 is 40.3 Å². The number of fused-ring (bicyclic) bond motifs is 2. The molecule has 5 heterocycles. The van der Waals surface area contributed by atoms with Crippen molar-refractivity contribution in [2.75, 3.05) is 36.0 Å². The number of nitrogens with zero attached hydrogens (tertiary/aromatic N) is 8. The molecule has 2 aromatic heterocycles. The van der Waals surface area contributed by atoms with Crippen molar-refractivity contribution in [3.63, 3.8) is 0 Å². The van der Waals surface area contributed by atoms with E-state index in [4.69, 9.17) is 0 Å². The van der Waals surface area contributed by atoms with Gasteiger partial charge in [0.15, 0.2) is 17.0 Å². The lowest BCUT2D eigenvalue weighted by Crippen LogP contribution is -2.47. The SMILES string of the molecule is Cn1c(C(=O)N2CCC(F)(F)C2)nc2c(N3CCC(N4C(=O)[N]c5ccccc54)CC3)ncnc21. The van der Waals surface area contributed by atoms with Gasteiger partial charge in [0.05, 0.1) is 17.9 Å². The molecule has 3 aromatic rings. The lowest BCUT2D eigenvalue weighted by molar-refractivity contribution is 0.0118. The first kappa shape index (κ1) is 21.7. The van der Waals surface area contributed by atoms with Crippen LogP contribution in [-0.2, 0) is 7.05 Å². The van der Waals surface area contributed by atoms with E-state index in [2.05, 4.69) is 25.2 Å². The number of piperidine rings is 1. The van der Waals surface area contributed by atoms with Crippen molar-refractivity contribution < 1.29 is 18.4 Å².